The number of hydrogen-bond acceptors (Lipinski definition) is 5. The van der Waals surface area contributed by atoms with Crippen molar-refractivity contribution in [3.63, 3.8) is 0 Å². The van der Waals surface area contributed by atoms with Gasteiger partial charge in [0.2, 0.25) is 11.8 Å². The Balaban J connectivity index is 1.32. The molecular formula is C16H19FN4O. The van der Waals surface area contributed by atoms with Gasteiger partial charge in [0, 0.05) is 37.8 Å². The van der Waals surface area contributed by atoms with Crippen LogP contribution in [0.5, 0.6) is 0 Å². The number of hydrogen-bond donors (Lipinski definition) is 0. The van der Waals surface area contributed by atoms with Gasteiger partial charge in [0.05, 0.1) is 6.54 Å². The summed E-state index contributed by atoms with van der Waals surface area (Å²) in [5.74, 6) is 1.85. The molecule has 22 heavy (non-hydrogen) atoms. The van der Waals surface area contributed by atoms with E-state index in [-0.39, 0.29) is 5.82 Å². The molecule has 6 heteroatoms. The van der Waals surface area contributed by atoms with Gasteiger partial charge in [-0.15, -0.1) is 10.2 Å². The smallest absolute Gasteiger partial charge is 0.230 e. The molecule has 0 bridgehead atoms. The lowest BCUT2D eigenvalue weighted by atomic mass is 10.2. The normalized spacial score (nSPS) is 19.6. The highest BCUT2D eigenvalue weighted by atomic mass is 19.1. The summed E-state index contributed by atoms with van der Waals surface area (Å²) in [4.78, 5) is 4.60. The molecular weight excluding hydrogens is 283 g/mol. The maximum atomic E-state index is 13.0. The van der Waals surface area contributed by atoms with E-state index in [1.807, 2.05) is 12.1 Å². The largest absolute Gasteiger partial charge is 0.424 e. The van der Waals surface area contributed by atoms with Crippen LogP contribution >= 0.6 is 0 Å². The Labute approximate surface area is 128 Å². The first-order chi connectivity index (χ1) is 10.8. The van der Waals surface area contributed by atoms with Gasteiger partial charge in [-0.25, -0.2) is 4.39 Å². The molecule has 0 unspecified atom stereocenters. The Morgan fingerprint density at radius 2 is 1.77 bits per heavy atom. The van der Waals surface area contributed by atoms with Crippen LogP contribution in [-0.2, 0) is 6.54 Å². The van der Waals surface area contributed by atoms with Crippen molar-refractivity contribution >= 4 is 5.69 Å². The van der Waals surface area contributed by atoms with E-state index >= 15 is 0 Å². The molecule has 2 aromatic rings. The highest BCUT2D eigenvalue weighted by molar-refractivity contribution is 5.46. The Hall–Kier alpha value is -1.95. The van der Waals surface area contributed by atoms with E-state index < -0.39 is 0 Å². The zero-order valence-electron chi connectivity index (χ0n) is 12.4. The first-order valence-electron chi connectivity index (χ1n) is 7.83. The van der Waals surface area contributed by atoms with Gasteiger partial charge >= 0.3 is 0 Å². The van der Waals surface area contributed by atoms with Crippen molar-refractivity contribution < 1.29 is 8.81 Å². The molecule has 1 aliphatic heterocycles. The van der Waals surface area contributed by atoms with Crippen LogP contribution in [0.2, 0.25) is 0 Å². The number of benzene rings is 1. The second-order valence-corrected chi connectivity index (χ2v) is 6.05. The van der Waals surface area contributed by atoms with E-state index in [0.29, 0.717) is 5.92 Å². The molecule has 0 atom stereocenters. The predicted octanol–water partition coefficient (Wildman–Crippen LogP) is 2.41. The number of aromatic nitrogens is 2. The monoisotopic (exact) mass is 302 g/mol. The van der Waals surface area contributed by atoms with Crippen LogP contribution in [0.4, 0.5) is 10.1 Å². The lowest BCUT2D eigenvalue weighted by Gasteiger charge is -2.35. The fraction of sp³-hybridized carbons (Fsp3) is 0.500. The molecule has 0 radical (unpaired) electrons. The van der Waals surface area contributed by atoms with Crippen LogP contribution in [0.1, 0.15) is 30.5 Å². The molecule has 5 nitrogen and oxygen atoms in total. The summed E-state index contributed by atoms with van der Waals surface area (Å²) < 4.78 is 18.7. The van der Waals surface area contributed by atoms with Crippen molar-refractivity contribution in [1.82, 2.24) is 15.1 Å². The molecule has 2 aliphatic rings. The Bertz CT molecular complexity index is 630. The molecule has 1 saturated heterocycles. The lowest BCUT2D eigenvalue weighted by Crippen LogP contribution is -2.46. The van der Waals surface area contributed by atoms with Crippen molar-refractivity contribution in [2.24, 2.45) is 0 Å². The third kappa shape index (κ3) is 2.97. The van der Waals surface area contributed by atoms with Crippen molar-refractivity contribution in [2.45, 2.75) is 25.3 Å². The standard InChI is InChI=1S/C16H19FN4O/c17-13-3-5-14(6-4-13)21-9-7-20(8-10-21)11-15-18-19-16(22-15)12-1-2-12/h3-6,12H,1-2,7-11H2. The minimum atomic E-state index is -0.190. The third-order valence-electron chi connectivity index (χ3n) is 4.33. The predicted molar refractivity (Wildman–Crippen MR) is 80.2 cm³/mol. The molecule has 116 valence electrons. The summed E-state index contributed by atoms with van der Waals surface area (Å²) in [6, 6.07) is 6.70. The minimum absolute atomic E-state index is 0.190. The van der Waals surface area contributed by atoms with Gasteiger partial charge in [0.1, 0.15) is 5.82 Å². The van der Waals surface area contributed by atoms with Crippen LogP contribution < -0.4 is 4.90 Å². The quantitative estimate of drug-likeness (QED) is 0.868. The van der Waals surface area contributed by atoms with Gasteiger partial charge < -0.3 is 9.32 Å². The van der Waals surface area contributed by atoms with Crippen LogP contribution in [-0.4, -0.2) is 41.3 Å². The molecule has 0 amide bonds. The number of nitrogens with zero attached hydrogens (tertiary/aromatic N) is 4. The summed E-state index contributed by atoms with van der Waals surface area (Å²) in [5.41, 5.74) is 1.08. The van der Waals surface area contributed by atoms with E-state index in [0.717, 1.165) is 50.2 Å². The highest BCUT2D eigenvalue weighted by Gasteiger charge is 2.29. The second kappa shape index (κ2) is 5.68. The van der Waals surface area contributed by atoms with Gasteiger partial charge in [0.15, 0.2) is 0 Å². The average molecular weight is 302 g/mol. The molecule has 4 rings (SSSR count). The van der Waals surface area contributed by atoms with Crippen LogP contribution in [0.15, 0.2) is 28.7 Å². The van der Waals surface area contributed by atoms with Crippen LogP contribution in [0.25, 0.3) is 0 Å². The maximum absolute atomic E-state index is 13.0. The first kappa shape index (κ1) is 13.7. The third-order valence-corrected chi connectivity index (χ3v) is 4.33. The van der Waals surface area contributed by atoms with E-state index in [2.05, 4.69) is 20.0 Å². The van der Waals surface area contributed by atoms with Crippen molar-refractivity contribution in [3.8, 4) is 0 Å². The number of piperazine rings is 1. The van der Waals surface area contributed by atoms with Crippen molar-refractivity contribution in [3.05, 3.63) is 41.9 Å². The molecule has 1 saturated carbocycles. The molecule has 1 aromatic heterocycles. The Morgan fingerprint density at radius 1 is 1.05 bits per heavy atom. The van der Waals surface area contributed by atoms with E-state index in [9.17, 15) is 4.39 Å². The number of halogens is 1. The van der Waals surface area contributed by atoms with Gasteiger partial charge in [-0.1, -0.05) is 0 Å². The minimum Gasteiger partial charge on any atom is -0.424 e. The topological polar surface area (TPSA) is 45.4 Å². The van der Waals surface area contributed by atoms with E-state index in [1.165, 1.54) is 25.0 Å². The number of rotatable bonds is 4. The first-order valence-corrected chi connectivity index (χ1v) is 7.83. The van der Waals surface area contributed by atoms with Crippen molar-refractivity contribution in [1.29, 1.82) is 0 Å². The average Bonchev–Trinajstić information content (AvgIpc) is 3.29. The van der Waals surface area contributed by atoms with Gasteiger partial charge in [-0.05, 0) is 37.1 Å². The number of anilines is 1. The highest BCUT2D eigenvalue weighted by Crippen LogP contribution is 2.39. The fourth-order valence-electron chi connectivity index (χ4n) is 2.83. The van der Waals surface area contributed by atoms with E-state index in [4.69, 9.17) is 4.42 Å². The summed E-state index contributed by atoms with van der Waals surface area (Å²) in [6.07, 6.45) is 2.36. The Kier molecular flexibility index (Phi) is 3.54. The second-order valence-electron chi connectivity index (χ2n) is 6.05. The molecule has 1 aliphatic carbocycles. The van der Waals surface area contributed by atoms with Crippen molar-refractivity contribution in [2.75, 3.05) is 31.1 Å². The summed E-state index contributed by atoms with van der Waals surface area (Å²) in [7, 11) is 0. The molecule has 2 heterocycles. The molecule has 0 spiro atoms. The maximum Gasteiger partial charge on any atom is 0.230 e. The van der Waals surface area contributed by atoms with Crippen LogP contribution in [0.3, 0.4) is 0 Å². The molecule has 1 aromatic carbocycles. The SMILES string of the molecule is Fc1ccc(N2CCN(Cc3nnc(C4CC4)o3)CC2)cc1. The zero-order valence-corrected chi connectivity index (χ0v) is 12.4. The van der Waals surface area contributed by atoms with Gasteiger partial charge in [-0.2, -0.15) is 0 Å². The zero-order chi connectivity index (χ0) is 14.9. The fourth-order valence-corrected chi connectivity index (χ4v) is 2.83. The summed E-state index contributed by atoms with van der Waals surface area (Å²) in [6.45, 7) is 4.46. The Morgan fingerprint density at radius 3 is 2.45 bits per heavy atom. The van der Waals surface area contributed by atoms with Crippen LogP contribution in [0, 0.1) is 5.82 Å². The van der Waals surface area contributed by atoms with E-state index in [1.54, 1.807) is 0 Å². The van der Waals surface area contributed by atoms with Gasteiger partial charge in [0.25, 0.3) is 0 Å². The molecule has 0 N–H and O–H groups in total. The summed E-state index contributed by atoms with van der Waals surface area (Å²) >= 11 is 0. The van der Waals surface area contributed by atoms with Gasteiger partial charge in [-0.3, -0.25) is 4.90 Å². The molecule has 2 fully saturated rings. The lowest BCUT2D eigenvalue weighted by molar-refractivity contribution is 0.224. The summed E-state index contributed by atoms with van der Waals surface area (Å²) in [5, 5.41) is 8.27.